The lowest BCUT2D eigenvalue weighted by Gasteiger charge is -2.36. The Morgan fingerprint density at radius 3 is 2.42 bits per heavy atom. The minimum atomic E-state index is -1.66. The van der Waals surface area contributed by atoms with Gasteiger partial charge in [-0.15, -0.1) is 0 Å². The predicted molar refractivity (Wildman–Crippen MR) is 112 cm³/mol. The van der Waals surface area contributed by atoms with Crippen LogP contribution in [-0.2, 0) is 6.54 Å². The summed E-state index contributed by atoms with van der Waals surface area (Å²) in [6, 6.07) is 5.98. The van der Waals surface area contributed by atoms with Gasteiger partial charge in [-0.2, -0.15) is 0 Å². The molecule has 12 heteroatoms. The number of nitrogens with one attached hydrogen (secondary N) is 1. The summed E-state index contributed by atoms with van der Waals surface area (Å²) in [5.41, 5.74) is -0.718. The van der Waals surface area contributed by atoms with Crippen LogP contribution >= 0.6 is 0 Å². The van der Waals surface area contributed by atoms with Crippen LogP contribution in [0.25, 0.3) is 0 Å². The lowest BCUT2D eigenvalue weighted by atomic mass is 10.1. The first-order valence-electron chi connectivity index (χ1n) is 10.2. The smallest absolute Gasteiger partial charge is 0.305 e. The molecule has 33 heavy (non-hydrogen) atoms. The van der Waals surface area contributed by atoms with Crippen LogP contribution in [0.15, 0.2) is 30.3 Å². The number of hydrogen-bond acceptors (Lipinski definition) is 7. The zero-order valence-corrected chi connectivity index (χ0v) is 17.5. The van der Waals surface area contributed by atoms with E-state index in [-0.39, 0.29) is 23.2 Å². The topological polar surface area (TPSA) is 119 Å². The molecule has 0 saturated carbocycles. The van der Waals surface area contributed by atoms with E-state index in [1.165, 1.54) is 18.2 Å². The van der Waals surface area contributed by atoms with Crippen molar-refractivity contribution in [3.05, 3.63) is 69.0 Å². The van der Waals surface area contributed by atoms with Crippen molar-refractivity contribution in [2.75, 3.05) is 37.6 Å². The summed E-state index contributed by atoms with van der Waals surface area (Å²) >= 11 is 0. The van der Waals surface area contributed by atoms with Crippen molar-refractivity contribution in [2.24, 2.45) is 0 Å². The van der Waals surface area contributed by atoms with E-state index in [9.17, 15) is 28.1 Å². The second-order valence-corrected chi connectivity index (χ2v) is 7.55. The maximum Gasteiger partial charge on any atom is 0.305 e. The second kappa shape index (κ2) is 10.6. The molecule has 0 unspecified atom stereocenters. The Hall–Kier alpha value is -3.22. The molecule has 0 bridgehead atoms. The Bertz CT molecular complexity index is 1030. The number of nitro benzene ring substituents is 1. The molecule has 1 fully saturated rings. The van der Waals surface area contributed by atoms with Crippen molar-refractivity contribution in [1.82, 2.24) is 10.2 Å². The standard InChI is InChI=1S/C21H23F3N4O5/c22-15-5-4-13(18(23)19(15)24)12-25-21(31)14-2-1-3-16(20(14)28(32)33)27-10-8-26(9-11-27)7-6-17(29)30/h1-5,17,29-30H,6-12H2,(H,25,31). The Morgan fingerprint density at radius 1 is 1.09 bits per heavy atom. The fraction of sp³-hybridized carbons (Fsp3) is 0.381. The van der Waals surface area contributed by atoms with Crippen LogP contribution in [0.1, 0.15) is 22.3 Å². The highest BCUT2D eigenvalue weighted by atomic mass is 19.2. The summed E-state index contributed by atoms with van der Waals surface area (Å²) in [6.45, 7) is 1.90. The molecule has 1 aliphatic heterocycles. The molecule has 0 aliphatic carbocycles. The van der Waals surface area contributed by atoms with Gasteiger partial charge in [-0.1, -0.05) is 12.1 Å². The molecule has 9 nitrogen and oxygen atoms in total. The maximum atomic E-state index is 13.8. The zero-order valence-electron chi connectivity index (χ0n) is 17.5. The van der Waals surface area contributed by atoms with Gasteiger partial charge in [-0.3, -0.25) is 19.8 Å². The second-order valence-electron chi connectivity index (χ2n) is 7.55. The maximum absolute atomic E-state index is 13.8. The predicted octanol–water partition coefficient (Wildman–Crippen LogP) is 1.76. The Morgan fingerprint density at radius 2 is 1.79 bits per heavy atom. The van der Waals surface area contributed by atoms with E-state index in [1.54, 1.807) is 4.90 Å². The molecular weight excluding hydrogens is 445 g/mol. The molecule has 1 aliphatic rings. The minimum Gasteiger partial charge on any atom is -0.368 e. The van der Waals surface area contributed by atoms with Gasteiger partial charge in [0.05, 0.1) is 4.92 Å². The fourth-order valence-electron chi connectivity index (χ4n) is 3.65. The summed E-state index contributed by atoms with van der Waals surface area (Å²) < 4.78 is 40.3. The molecule has 1 heterocycles. The number of piperazine rings is 1. The number of aliphatic hydroxyl groups is 2. The van der Waals surface area contributed by atoms with Gasteiger partial charge in [-0.05, 0) is 18.2 Å². The number of carbonyl (C=O) groups is 1. The monoisotopic (exact) mass is 468 g/mol. The van der Waals surface area contributed by atoms with E-state index in [0.717, 1.165) is 12.1 Å². The normalized spacial score (nSPS) is 14.5. The fourth-order valence-corrected chi connectivity index (χ4v) is 3.65. The third-order valence-corrected chi connectivity index (χ3v) is 5.41. The Labute approximate surface area is 187 Å². The number of benzene rings is 2. The molecule has 0 aromatic heterocycles. The summed E-state index contributed by atoms with van der Waals surface area (Å²) in [6.07, 6.45) is -1.21. The van der Waals surface area contributed by atoms with E-state index >= 15 is 0 Å². The number of nitro groups is 1. The number of hydrogen-bond donors (Lipinski definition) is 3. The number of halogens is 3. The molecule has 2 aromatic rings. The van der Waals surface area contributed by atoms with E-state index in [4.69, 9.17) is 10.2 Å². The molecule has 0 radical (unpaired) electrons. The summed E-state index contributed by atoms with van der Waals surface area (Å²) in [5.74, 6) is -5.32. The van der Waals surface area contributed by atoms with Crippen LogP contribution in [0.4, 0.5) is 24.5 Å². The first kappa shape index (κ1) is 24.4. The number of nitrogens with zero attached hydrogens (tertiary/aromatic N) is 3. The van der Waals surface area contributed by atoms with Crippen molar-refractivity contribution in [2.45, 2.75) is 19.3 Å². The number of aliphatic hydroxyl groups excluding tert-OH is 1. The van der Waals surface area contributed by atoms with E-state index < -0.39 is 46.8 Å². The highest BCUT2D eigenvalue weighted by Crippen LogP contribution is 2.32. The highest BCUT2D eigenvalue weighted by molar-refractivity contribution is 6.00. The van der Waals surface area contributed by atoms with E-state index in [1.807, 2.05) is 4.90 Å². The van der Waals surface area contributed by atoms with E-state index in [0.29, 0.717) is 32.7 Å². The molecule has 1 saturated heterocycles. The highest BCUT2D eigenvalue weighted by Gasteiger charge is 2.29. The van der Waals surface area contributed by atoms with Gasteiger partial charge in [0, 0.05) is 51.3 Å². The molecule has 0 atom stereocenters. The van der Waals surface area contributed by atoms with E-state index in [2.05, 4.69) is 5.32 Å². The average Bonchev–Trinajstić information content (AvgIpc) is 2.80. The summed E-state index contributed by atoms with van der Waals surface area (Å²) in [7, 11) is 0. The first-order valence-corrected chi connectivity index (χ1v) is 10.2. The van der Waals surface area contributed by atoms with Crippen LogP contribution in [0.5, 0.6) is 0 Å². The van der Waals surface area contributed by atoms with Gasteiger partial charge in [0.25, 0.3) is 5.91 Å². The first-order chi connectivity index (χ1) is 15.7. The third kappa shape index (κ3) is 5.78. The molecule has 3 rings (SSSR count). The van der Waals surface area contributed by atoms with Crippen LogP contribution < -0.4 is 10.2 Å². The third-order valence-electron chi connectivity index (χ3n) is 5.41. The lowest BCUT2D eigenvalue weighted by Crippen LogP contribution is -2.47. The molecule has 1 amide bonds. The van der Waals surface area contributed by atoms with Crippen molar-refractivity contribution in [3.63, 3.8) is 0 Å². The number of para-hydroxylation sites is 1. The zero-order chi connectivity index (χ0) is 24.1. The summed E-state index contributed by atoms with van der Waals surface area (Å²) in [4.78, 5) is 27.6. The number of carbonyl (C=O) groups excluding carboxylic acids is 1. The quantitative estimate of drug-likeness (QED) is 0.234. The van der Waals surface area contributed by atoms with Gasteiger partial charge < -0.3 is 20.4 Å². The van der Waals surface area contributed by atoms with Crippen LogP contribution in [0.2, 0.25) is 0 Å². The van der Waals surface area contributed by atoms with Crippen molar-refractivity contribution in [1.29, 1.82) is 0 Å². The molecule has 0 spiro atoms. The molecule has 3 N–H and O–H groups in total. The largest absolute Gasteiger partial charge is 0.368 e. The molecular formula is C21H23F3N4O5. The van der Waals surface area contributed by atoms with Gasteiger partial charge in [0.15, 0.2) is 23.7 Å². The van der Waals surface area contributed by atoms with Gasteiger partial charge in [-0.25, -0.2) is 13.2 Å². The Kier molecular flexibility index (Phi) is 7.84. The van der Waals surface area contributed by atoms with Crippen LogP contribution in [0, 0.1) is 27.6 Å². The number of anilines is 1. The molecule has 178 valence electrons. The van der Waals surface area contributed by atoms with Gasteiger partial charge >= 0.3 is 5.69 Å². The van der Waals surface area contributed by atoms with Gasteiger partial charge in [0.2, 0.25) is 0 Å². The molecule has 2 aromatic carbocycles. The number of amides is 1. The van der Waals surface area contributed by atoms with Crippen molar-refractivity contribution in [3.8, 4) is 0 Å². The Balaban J connectivity index is 1.75. The minimum absolute atomic E-state index is 0.189. The SMILES string of the molecule is O=C(NCc1ccc(F)c(F)c1F)c1cccc(N2CCN(CCC(O)O)CC2)c1[N+](=O)[O-]. The van der Waals surface area contributed by atoms with Crippen LogP contribution in [0.3, 0.4) is 0 Å². The van der Waals surface area contributed by atoms with Gasteiger partial charge in [0.1, 0.15) is 11.3 Å². The lowest BCUT2D eigenvalue weighted by molar-refractivity contribution is -0.384. The van der Waals surface area contributed by atoms with Crippen LogP contribution in [-0.4, -0.2) is 65.0 Å². The van der Waals surface area contributed by atoms with Crippen molar-refractivity contribution < 1.29 is 33.1 Å². The number of rotatable bonds is 8. The summed E-state index contributed by atoms with van der Waals surface area (Å²) in [5, 5.41) is 32.1. The average molecular weight is 468 g/mol. The van der Waals surface area contributed by atoms with Crippen molar-refractivity contribution >= 4 is 17.3 Å².